The summed E-state index contributed by atoms with van der Waals surface area (Å²) in [5.74, 6) is 0.498. The minimum atomic E-state index is -0.999. The molecule has 1 atom stereocenters. The molecule has 1 amide bonds. The van der Waals surface area contributed by atoms with E-state index in [0.717, 1.165) is 11.3 Å². The second-order valence-electron chi connectivity index (χ2n) is 3.37. The number of aliphatic carboxylic acids is 1. The zero-order valence-electron chi connectivity index (χ0n) is 9.20. The molecule has 0 bridgehead atoms. The van der Waals surface area contributed by atoms with Crippen LogP contribution in [0, 0.1) is 0 Å². The predicted molar refractivity (Wildman–Crippen MR) is 65.6 cm³/mol. The Bertz CT molecular complexity index is 359. The number of rotatable bonds is 8. The van der Waals surface area contributed by atoms with Crippen LogP contribution in [0.1, 0.15) is 12.0 Å². The molecular weight excluding hydrogens is 240 g/mol. The number of hydrogen-bond donors (Lipinski definition) is 2. The molecule has 1 rings (SSSR count). The highest BCUT2D eigenvalue weighted by Gasteiger charge is 2.15. The molecule has 0 saturated carbocycles. The highest BCUT2D eigenvalue weighted by Crippen LogP contribution is 2.12. The van der Waals surface area contributed by atoms with Crippen LogP contribution in [0.15, 0.2) is 24.5 Å². The van der Waals surface area contributed by atoms with Gasteiger partial charge in [0.15, 0.2) is 0 Å². The van der Waals surface area contributed by atoms with E-state index in [0.29, 0.717) is 18.6 Å². The van der Waals surface area contributed by atoms with Crippen LogP contribution in [0.25, 0.3) is 0 Å². The normalized spacial score (nSPS) is 11.8. The van der Waals surface area contributed by atoms with Crippen molar-refractivity contribution in [2.45, 2.75) is 18.2 Å². The highest BCUT2D eigenvalue weighted by atomic mass is 32.2. The largest absolute Gasteiger partial charge is 0.480 e. The molecule has 0 radical (unpaired) electrons. The highest BCUT2D eigenvalue weighted by molar-refractivity contribution is 7.98. The summed E-state index contributed by atoms with van der Waals surface area (Å²) in [6.45, 7) is 0. The zero-order valence-corrected chi connectivity index (χ0v) is 10.0. The summed E-state index contributed by atoms with van der Waals surface area (Å²) >= 11 is 1.63. The number of carboxylic acid groups (broad SMARTS) is 1. The van der Waals surface area contributed by atoms with Crippen LogP contribution in [0.3, 0.4) is 0 Å². The number of thioether (sulfide) groups is 1. The summed E-state index contributed by atoms with van der Waals surface area (Å²) < 4.78 is 0. The average molecular weight is 254 g/mol. The van der Waals surface area contributed by atoms with E-state index in [1.54, 1.807) is 24.2 Å². The summed E-state index contributed by atoms with van der Waals surface area (Å²) in [6.07, 6.45) is 4.30. The molecule has 6 heteroatoms. The molecule has 1 aromatic rings. The fourth-order valence-electron chi connectivity index (χ4n) is 1.23. The molecule has 5 nitrogen and oxygen atoms in total. The molecule has 0 aliphatic carbocycles. The van der Waals surface area contributed by atoms with Gasteiger partial charge < -0.3 is 10.4 Å². The molecule has 0 aliphatic heterocycles. The Kier molecular flexibility index (Phi) is 6.09. The second-order valence-corrected chi connectivity index (χ2v) is 4.48. The van der Waals surface area contributed by atoms with Crippen LogP contribution in [-0.2, 0) is 15.3 Å². The minimum Gasteiger partial charge on any atom is -0.480 e. The summed E-state index contributed by atoms with van der Waals surface area (Å²) in [5.41, 5.74) is 1.15. The molecule has 1 aromatic heterocycles. The Balaban J connectivity index is 2.23. The SMILES string of the molecule is O=CNC(CCSCc1ccncc1)C(=O)O. The molecule has 0 saturated heterocycles. The van der Waals surface area contributed by atoms with Crippen molar-refractivity contribution < 1.29 is 14.7 Å². The van der Waals surface area contributed by atoms with Crippen LogP contribution in [0.4, 0.5) is 0 Å². The maximum absolute atomic E-state index is 10.7. The topological polar surface area (TPSA) is 79.3 Å². The van der Waals surface area contributed by atoms with Crippen molar-refractivity contribution in [1.29, 1.82) is 0 Å². The van der Waals surface area contributed by atoms with E-state index in [-0.39, 0.29) is 0 Å². The first-order valence-electron chi connectivity index (χ1n) is 5.13. The van der Waals surface area contributed by atoms with Gasteiger partial charge in [-0.2, -0.15) is 11.8 Å². The van der Waals surface area contributed by atoms with Gasteiger partial charge in [-0.1, -0.05) is 0 Å². The van der Waals surface area contributed by atoms with Crippen molar-refractivity contribution >= 4 is 24.1 Å². The van der Waals surface area contributed by atoms with Crippen molar-refractivity contribution in [2.75, 3.05) is 5.75 Å². The van der Waals surface area contributed by atoms with Crippen molar-refractivity contribution in [1.82, 2.24) is 10.3 Å². The van der Waals surface area contributed by atoms with Crippen LogP contribution in [0.2, 0.25) is 0 Å². The van der Waals surface area contributed by atoms with Crippen molar-refractivity contribution in [3.63, 3.8) is 0 Å². The first-order valence-corrected chi connectivity index (χ1v) is 6.28. The van der Waals surface area contributed by atoms with Gasteiger partial charge >= 0.3 is 5.97 Å². The van der Waals surface area contributed by atoms with Crippen LogP contribution in [0.5, 0.6) is 0 Å². The number of carboxylic acids is 1. The van der Waals surface area contributed by atoms with E-state index < -0.39 is 12.0 Å². The first-order chi connectivity index (χ1) is 8.24. The molecule has 0 spiro atoms. The maximum atomic E-state index is 10.7. The Labute approximate surface area is 104 Å². The van der Waals surface area contributed by atoms with Gasteiger partial charge in [-0.15, -0.1) is 0 Å². The van der Waals surface area contributed by atoms with E-state index in [4.69, 9.17) is 5.11 Å². The van der Waals surface area contributed by atoms with Gasteiger partial charge in [0.05, 0.1) is 0 Å². The van der Waals surface area contributed by atoms with Crippen molar-refractivity contribution in [2.24, 2.45) is 0 Å². The van der Waals surface area contributed by atoms with Gasteiger partial charge in [0.2, 0.25) is 6.41 Å². The molecule has 0 aromatic carbocycles. The summed E-state index contributed by atoms with van der Waals surface area (Å²) in [4.78, 5) is 24.8. The van der Waals surface area contributed by atoms with Gasteiger partial charge in [-0.05, 0) is 29.9 Å². The smallest absolute Gasteiger partial charge is 0.326 e. The van der Waals surface area contributed by atoms with E-state index in [1.807, 2.05) is 12.1 Å². The van der Waals surface area contributed by atoms with E-state index in [2.05, 4.69) is 10.3 Å². The lowest BCUT2D eigenvalue weighted by Crippen LogP contribution is -2.36. The van der Waals surface area contributed by atoms with Crippen molar-refractivity contribution in [3.8, 4) is 0 Å². The molecule has 92 valence electrons. The monoisotopic (exact) mass is 254 g/mol. The second kappa shape index (κ2) is 7.67. The number of pyridine rings is 1. The summed E-state index contributed by atoms with van der Waals surface area (Å²) in [5, 5.41) is 11.1. The molecule has 1 unspecified atom stereocenters. The van der Waals surface area contributed by atoms with Gasteiger partial charge in [-0.25, -0.2) is 4.79 Å². The Morgan fingerprint density at radius 3 is 2.82 bits per heavy atom. The van der Waals surface area contributed by atoms with Crippen LogP contribution >= 0.6 is 11.8 Å². The third kappa shape index (κ3) is 5.35. The van der Waals surface area contributed by atoms with Crippen LogP contribution in [-0.4, -0.2) is 34.3 Å². The number of aromatic nitrogens is 1. The number of nitrogens with zero attached hydrogens (tertiary/aromatic N) is 1. The number of amides is 1. The fourth-order valence-corrected chi connectivity index (χ4v) is 2.21. The van der Waals surface area contributed by atoms with Gasteiger partial charge in [0, 0.05) is 18.1 Å². The summed E-state index contributed by atoms with van der Waals surface area (Å²) in [7, 11) is 0. The van der Waals surface area contributed by atoms with E-state index >= 15 is 0 Å². The maximum Gasteiger partial charge on any atom is 0.326 e. The Morgan fingerprint density at radius 2 is 2.24 bits per heavy atom. The zero-order chi connectivity index (χ0) is 12.5. The lowest BCUT2D eigenvalue weighted by molar-refractivity contribution is -0.140. The third-order valence-electron chi connectivity index (χ3n) is 2.14. The summed E-state index contributed by atoms with van der Waals surface area (Å²) in [6, 6.07) is 3.05. The van der Waals surface area contributed by atoms with Gasteiger partial charge in [0.25, 0.3) is 0 Å². The molecule has 1 heterocycles. The Morgan fingerprint density at radius 1 is 1.53 bits per heavy atom. The first kappa shape index (κ1) is 13.5. The predicted octanol–water partition coefficient (Wildman–Crippen LogP) is 0.904. The average Bonchev–Trinajstić information content (AvgIpc) is 2.34. The third-order valence-corrected chi connectivity index (χ3v) is 3.20. The number of carbonyl (C=O) groups excluding carboxylic acids is 1. The van der Waals surface area contributed by atoms with Crippen LogP contribution < -0.4 is 5.32 Å². The number of nitrogens with one attached hydrogen (secondary N) is 1. The van der Waals surface area contributed by atoms with Gasteiger partial charge in [0.1, 0.15) is 6.04 Å². The number of carbonyl (C=O) groups is 2. The molecule has 17 heavy (non-hydrogen) atoms. The Hall–Kier alpha value is -1.56. The molecular formula is C11H14N2O3S. The van der Waals surface area contributed by atoms with Gasteiger partial charge in [-0.3, -0.25) is 9.78 Å². The van der Waals surface area contributed by atoms with E-state index in [1.165, 1.54) is 0 Å². The minimum absolute atomic E-state index is 0.420. The molecule has 0 fully saturated rings. The molecule has 2 N–H and O–H groups in total. The number of hydrogen-bond acceptors (Lipinski definition) is 4. The lowest BCUT2D eigenvalue weighted by atomic mass is 10.2. The fraction of sp³-hybridized carbons (Fsp3) is 0.364. The molecule has 0 aliphatic rings. The standard InChI is InChI=1S/C11H14N2O3S/c14-8-13-10(11(15)16)3-6-17-7-9-1-4-12-5-2-9/h1-2,4-5,8,10H,3,6-7H2,(H,13,14)(H,15,16). The van der Waals surface area contributed by atoms with Crippen molar-refractivity contribution in [3.05, 3.63) is 30.1 Å². The quantitative estimate of drug-likeness (QED) is 0.532. The van der Waals surface area contributed by atoms with E-state index in [9.17, 15) is 9.59 Å². The lowest BCUT2D eigenvalue weighted by Gasteiger charge is -2.10.